The van der Waals surface area contributed by atoms with Crippen LogP contribution in [-0.2, 0) is 17.6 Å². The molecule has 1 aromatic carbocycles. The first kappa shape index (κ1) is 19.0. The zero-order valence-corrected chi connectivity index (χ0v) is 16.6. The SMILES string of the molecule is Cc1ccc(SCCC(=O)Nc2sc3c(c2C(N)=O)CCCCC3)cc1. The molecule has 26 heavy (non-hydrogen) atoms. The number of thioether (sulfide) groups is 1. The lowest BCUT2D eigenvalue weighted by Gasteiger charge is -2.06. The summed E-state index contributed by atoms with van der Waals surface area (Å²) in [6.45, 7) is 2.06. The lowest BCUT2D eigenvalue weighted by Crippen LogP contribution is -2.18. The second kappa shape index (κ2) is 8.73. The third-order valence-corrected chi connectivity index (χ3v) is 6.76. The fourth-order valence-electron chi connectivity index (χ4n) is 3.18. The van der Waals surface area contributed by atoms with Crippen molar-refractivity contribution in [3.05, 3.63) is 45.8 Å². The summed E-state index contributed by atoms with van der Waals surface area (Å²) in [6.07, 6.45) is 5.64. The van der Waals surface area contributed by atoms with Gasteiger partial charge in [0.1, 0.15) is 5.00 Å². The molecule has 0 bridgehead atoms. The summed E-state index contributed by atoms with van der Waals surface area (Å²) in [5.74, 6) is 0.198. The first-order valence-corrected chi connectivity index (χ1v) is 10.8. The number of anilines is 1. The molecule has 1 aliphatic rings. The van der Waals surface area contributed by atoms with Gasteiger partial charge in [0, 0.05) is 21.9 Å². The summed E-state index contributed by atoms with van der Waals surface area (Å²) in [4.78, 5) is 26.7. The van der Waals surface area contributed by atoms with Crippen molar-refractivity contribution in [1.82, 2.24) is 0 Å². The van der Waals surface area contributed by atoms with Gasteiger partial charge in [0.15, 0.2) is 0 Å². The molecule has 1 aliphatic carbocycles. The average Bonchev–Trinajstić information content (AvgIpc) is 2.78. The molecule has 0 fully saturated rings. The maximum Gasteiger partial charge on any atom is 0.251 e. The smallest absolute Gasteiger partial charge is 0.251 e. The van der Waals surface area contributed by atoms with Crippen molar-refractivity contribution in [1.29, 1.82) is 0 Å². The maximum absolute atomic E-state index is 12.3. The second-order valence-corrected chi connectivity index (χ2v) is 8.87. The fraction of sp³-hybridized carbons (Fsp3) is 0.400. The molecule has 0 unspecified atom stereocenters. The van der Waals surface area contributed by atoms with Gasteiger partial charge in [-0.25, -0.2) is 0 Å². The van der Waals surface area contributed by atoms with E-state index in [9.17, 15) is 9.59 Å². The van der Waals surface area contributed by atoms with Crippen LogP contribution in [0.2, 0.25) is 0 Å². The highest BCUT2D eigenvalue weighted by Gasteiger charge is 2.24. The van der Waals surface area contributed by atoms with Crippen molar-refractivity contribution in [2.75, 3.05) is 11.1 Å². The molecule has 0 spiro atoms. The van der Waals surface area contributed by atoms with Crippen molar-refractivity contribution < 1.29 is 9.59 Å². The molecule has 3 rings (SSSR count). The normalized spacial score (nSPS) is 13.7. The molecule has 0 aliphatic heterocycles. The summed E-state index contributed by atoms with van der Waals surface area (Å²) in [5.41, 5.74) is 8.43. The number of thiophene rings is 1. The minimum Gasteiger partial charge on any atom is -0.365 e. The summed E-state index contributed by atoms with van der Waals surface area (Å²) in [6, 6.07) is 8.28. The van der Waals surface area contributed by atoms with E-state index in [1.807, 2.05) is 0 Å². The highest BCUT2D eigenvalue weighted by molar-refractivity contribution is 7.99. The Bertz CT molecular complexity index is 797. The van der Waals surface area contributed by atoms with Crippen LogP contribution in [0.1, 0.15) is 52.0 Å². The van der Waals surface area contributed by atoms with Gasteiger partial charge in [-0.1, -0.05) is 24.1 Å². The highest BCUT2D eigenvalue weighted by atomic mass is 32.2. The third-order valence-electron chi connectivity index (χ3n) is 4.54. The van der Waals surface area contributed by atoms with Crippen molar-refractivity contribution in [2.24, 2.45) is 5.73 Å². The fourth-order valence-corrected chi connectivity index (χ4v) is 5.34. The van der Waals surface area contributed by atoms with Crippen LogP contribution in [-0.4, -0.2) is 17.6 Å². The summed E-state index contributed by atoms with van der Waals surface area (Å²) < 4.78 is 0. The van der Waals surface area contributed by atoms with Gasteiger partial charge in [0.05, 0.1) is 5.56 Å². The van der Waals surface area contributed by atoms with E-state index >= 15 is 0 Å². The summed E-state index contributed by atoms with van der Waals surface area (Å²) in [7, 11) is 0. The zero-order chi connectivity index (χ0) is 18.5. The molecule has 0 saturated carbocycles. The van der Waals surface area contributed by atoms with Crippen molar-refractivity contribution in [3.63, 3.8) is 0 Å². The molecule has 1 aromatic heterocycles. The van der Waals surface area contributed by atoms with E-state index in [1.54, 1.807) is 11.8 Å². The number of hydrogen-bond acceptors (Lipinski definition) is 4. The first-order valence-electron chi connectivity index (χ1n) is 8.98. The Hall–Kier alpha value is -1.79. The van der Waals surface area contributed by atoms with Crippen LogP contribution in [0.3, 0.4) is 0 Å². The average molecular weight is 389 g/mol. The lowest BCUT2D eigenvalue weighted by molar-refractivity contribution is -0.115. The molecular formula is C20H24N2O2S2. The Kier molecular flexibility index (Phi) is 6.38. The van der Waals surface area contributed by atoms with Crippen LogP contribution < -0.4 is 11.1 Å². The topological polar surface area (TPSA) is 72.2 Å². The Morgan fingerprint density at radius 1 is 1.15 bits per heavy atom. The number of rotatable bonds is 6. The molecule has 2 aromatic rings. The lowest BCUT2D eigenvalue weighted by atomic mass is 10.1. The minimum absolute atomic E-state index is 0.0662. The molecule has 4 nitrogen and oxygen atoms in total. The first-order chi connectivity index (χ1) is 12.5. The van der Waals surface area contributed by atoms with Gasteiger partial charge in [0.2, 0.25) is 5.91 Å². The molecule has 138 valence electrons. The number of nitrogens with two attached hydrogens (primary N) is 1. The molecular weight excluding hydrogens is 364 g/mol. The van der Waals surface area contributed by atoms with E-state index in [4.69, 9.17) is 5.73 Å². The van der Waals surface area contributed by atoms with E-state index < -0.39 is 5.91 Å². The van der Waals surface area contributed by atoms with Gasteiger partial charge in [-0.2, -0.15) is 0 Å². The van der Waals surface area contributed by atoms with Gasteiger partial charge in [0.25, 0.3) is 5.91 Å². The van der Waals surface area contributed by atoms with E-state index in [0.29, 0.717) is 22.7 Å². The van der Waals surface area contributed by atoms with Gasteiger partial charge < -0.3 is 11.1 Å². The van der Waals surface area contributed by atoms with E-state index in [2.05, 4.69) is 36.5 Å². The number of benzene rings is 1. The Balaban J connectivity index is 1.61. The molecule has 2 amide bonds. The quantitative estimate of drug-likeness (QED) is 0.563. The zero-order valence-electron chi connectivity index (χ0n) is 15.0. The number of carbonyl (C=O) groups excluding carboxylic acids is 2. The molecule has 6 heteroatoms. The second-order valence-electron chi connectivity index (χ2n) is 6.59. The van der Waals surface area contributed by atoms with Crippen LogP contribution in [0, 0.1) is 6.92 Å². The predicted octanol–water partition coefficient (Wildman–Crippen LogP) is 4.55. The standard InChI is InChI=1S/C20H24N2O2S2/c1-13-7-9-14(10-8-13)25-12-11-17(23)22-20-18(19(21)24)15-5-3-2-4-6-16(15)26-20/h7-10H,2-6,11-12H2,1H3,(H2,21,24)(H,22,23). The summed E-state index contributed by atoms with van der Waals surface area (Å²) >= 11 is 3.18. The number of aryl methyl sites for hydroxylation is 2. The van der Waals surface area contributed by atoms with E-state index in [1.165, 1.54) is 28.2 Å². The van der Waals surface area contributed by atoms with Crippen molar-refractivity contribution in [2.45, 2.75) is 50.3 Å². The number of nitrogens with one attached hydrogen (secondary N) is 1. The van der Waals surface area contributed by atoms with Crippen molar-refractivity contribution in [3.8, 4) is 0 Å². The van der Waals surface area contributed by atoms with Gasteiger partial charge in [-0.05, 0) is 50.3 Å². The number of primary amides is 1. The number of carbonyl (C=O) groups is 2. The Labute approximate surface area is 162 Å². The number of fused-ring (bicyclic) bond motifs is 1. The van der Waals surface area contributed by atoms with Crippen LogP contribution >= 0.6 is 23.1 Å². The Morgan fingerprint density at radius 3 is 2.62 bits per heavy atom. The van der Waals surface area contributed by atoms with Crippen LogP contribution in [0.4, 0.5) is 5.00 Å². The highest BCUT2D eigenvalue weighted by Crippen LogP contribution is 2.37. The monoisotopic (exact) mass is 388 g/mol. The maximum atomic E-state index is 12.3. The largest absolute Gasteiger partial charge is 0.365 e. The third kappa shape index (κ3) is 4.68. The van der Waals surface area contributed by atoms with Gasteiger partial charge >= 0.3 is 0 Å². The van der Waals surface area contributed by atoms with Crippen LogP contribution in [0.25, 0.3) is 0 Å². The molecule has 3 N–H and O–H groups in total. The molecule has 0 atom stereocenters. The number of amides is 2. The van der Waals surface area contributed by atoms with Gasteiger partial charge in [-0.15, -0.1) is 23.1 Å². The van der Waals surface area contributed by atoms with Crippen LogP contribution in [0.5, 0.6) is 0 Å². The molecule has 0 saturated heterocycles. The van der Waals surface area contributed by atoms with E-state index in [-0.39, 0.29) is 5.91 Å². The predicted molar refractivity (Wildman–Crippen MR) is 109 cm³/mol. The minimum atomic E-state index is -0.436. The van der Waals surface area contributed by atoms with Crippen molar-refractivity contribution >= 4 is 39.9 Å². The summed E-state index contributed by atoms with van der Waals surface area (Å²) in [5, 5.41) is 3.56. The van der Waals surface area contributed by atoms with Crippen LogP contribution in [0.15, 0.2) is 29.2 Å². The number of hydrogen-bond donors (Lipinski definition) is 2. The van der Waals surface area contributed by atoms with Gasteiger partial charge in [-0.3, -0.25) is 9.59 Å². The Morgan fingerprint density at radius 2 is 1.88 bits per heavy atom. The van der Waals surface area contributed by atoms with E-state index in [0.717, 1.165) is 36.1 Å². The molecule has 0 radical (unpaired) electrons. The molecule has 1 heterocycles.